The summed E-state index contributed by atoms with van der Waals surface area (Å²) in [4.78, 5) is 0. The zero-order valence-corrected chi connectivity index (χ0v) is 8.18. The summed E-state index contributed by atoms with van der Waals surface area (Å²) in [6, 6.07) is 0. The monoisotopic (exact) mass is 164 g/mol. The maximum absolute atomic E-state index is 4.02. The fourth-order valence-electron chi connectivity index (χ4n) is 2.77. The topological polar surface area (TPSA) is 0 Å². The van der Waals surface area contributed by atoms with Gasteiger partial charge in [-0.15, -0.1) is 0 Å². The molecule has 68 valence electrons. The predicted molar refractivity (Wildman–Crippen MR) is 53.0 cm³/mol. The molecule has 0 atom stereocenters. The molecule has 0 aromatic carbocycles. The van der Waals surface area contributed by atoms with Gasteiger partial charge in [0.2, 0.25) is 0 Å². The van der Waals surface area contributed by atoms with Crippen molar-refractivity contribution in [3.8, 4) is 0 Å². The Balaban J connectivity index is 1.79. The third-order valence-corrected chi connectivity index (χ3v) is 3.83. The van der Waals surface area contributed by atoms with Crippen LogP contribution in [0.3, 0.4) is 0 Å². The lowest BCUT2D eigenvalue weighted by atomic mass is 9.67. The van der Waals surface area contributed by atoms with Gasteiger partial charge < -0.3 is 0 Å². The minimum Gasteiger partial charge on any atom is -0.0998 e. The summed E-state index contributed by atoms with van der Waals surface area (Å²) >= 11 is 0. The van der Waals surface area contributed by atoms with Crippen LogP contribution in [-0.2, 0) is 0 Å². The Bertz CT molecular complexity index is 164. The zero-order valence-electron chi connectivity index (χ0n) is 8.18. The smallest absolute Gasteiger partial charge is 0.0289 e. The molecule has 0 spiro atoms. The molecule has 0 saturated heterocycles. The highest BCUT2D eigenvalue weighted by molar-refractivity contribution is 5.09. The van der Waals surface area contributed by atoms with Crippen LogP contribution in [-0.4, -0.2) is 0 Å². The second-order valence-corrected chi connectivity index (χ2v) is 4.94. The fourth-order valence-corrected chi connectivity index (χ4v) is 2.77. The van der Waals surface area contributed by atoms with Crippen molar-refractivity contribution >= 4 is 0 Å². The van der Waals surface area contributed by atoms with E-state index in [9.17, 15) is 0 Å². The second kappa shape index (κ2) is 3.24. The molecule has 0 nitrogen and oxygen atoms in total. The minimum absolute atomic E-state index is 1.00. The number of rotatable bonds is 1. The van der Waals surface area contributed by atoms with Crippen LogP contribution in [0.15, 0.2) is 12.2 Å². The van der Waals surface area contributed by atoms with Crippen molar-refractivity contribution in [1.82, 2.24) is 0 Å². The van der Waals surface area contributed by atoms with Gasteiger partial charge >= 0.3 is 0 Å². The van der Waals surface area contributed by atoms with Crippen LogP contribution < -0.4 is 0 Å². The first-order chi connectivity index (χ1) is 5.75. The van der Waals surface area contributed by atoms with Gasteiger partial charge in [-0.25, -0.2) is 0 Å². The summed E-state index contributed by atoms with van der Waals surface area (Å²) < 4.78 is 0. The molecule has 12 heavy (non-hydrogen) atoms. The summed E-state index contributed by atoms with van der Waals surface area (Å²) in [6.45, 7) is 6.42. The van der Waals surface area contributed by atoms with Crippen molar-refractivity contribution in [2.45, 2.75) is 45.4 Å². The van der Waals surface area contributed by atoms with Gasteiger partial charge in [-0.3, -0.25) is 0 Å². The van der Waals surface area contributed by atoms with E-state index in [0.29, 0.717) is 0 Å². The molecule has 0 amide bonds. The maximum atomic E-state index is 4.02. The van der Waals surface area contributed by atoms with E-state index in [4.69, 9.17) is 0 Å². The Hall–Kier alpha value is -0.260. The first-order valence-corrected chi connectivity index (χ1v) is 5.42. The van der Waals surface area contributed by atoms with Gasteiger partial charge in [0.1, 0.15) is 0 Å². The van der Waals surface area contributed by atoms with Gasteiger partial charge in [-0.05, 0) is 43.4 Å². The molecule has 0 N–H and O–H groups in total. The van der Waals surface area contributed by atoms with Gasteiger partial charge in [0.15, 0.2) is 0 Å². The van der Waals surface area contributed by atoms with Gasteiger partial charge in [0.05, 0.1) is 0 Å². The summed E-state index contributed by atoms with van der Waals surface area (Å²) in [5, 5.41) is 0. The maximum Gasteiger partial charge on any atom is -0.0289 e. The Labute approximate surface area is 76.1 Å². The third kappa shape index (κ3) is 1.57. The van der Waals surface area contributed by atoms with Crippen molar-refractivity contribution in [3.63, 3.8) is 0 Å². The van der Waals surface area contributed by atoms with Crippen molar-refractivity contribution in [2.24, 2.45) is 17.8 Å². The number of hydrogen-bond donors (Lipinski definition) is 0. The van der Waals surface area contributed by atoms with E-state index < -0.39 is 0 Å². The molecule has 0 heteroatoms. The molecule has 2 aliphatic carbocycles. The summed E-state index contributed by atoms with van der Waals surface area (Å²) in [5.41, 5.74) is 1.50. The molecule has 2 rings (SSSR count). The van der Waals surface area contributed by atoms with Gasteiger partial charge in [0, 0.05) is 0 Å². The molecular weight excluding hydrogens is 144 g/mol. The lowest BCUT2D eigenvalue weighted by Gasteiger charge is -2.39. The Morgan fingerprint density at radius 1 is 1.00 bits per heavy atom. The number of hydrogen-bond acceptors (Lipinski definition) is 0. The second-order valence-electron chi connectivity index (χ2n) is 4.94. The summed E-state index contributed by atoms with van der Waals surface area (Å²) in [6.07, 6.45) is 8.65. The molecule has 0 aliphatic heterocycles. The highest BCUT2D eigenvalue weighted by Crippen LogP contribution is 2.44. The van der Waals surface area contributed by atoms with Crippen molar-refractivity contribution < 1.29 is 0 Å². The molecule has 0 bridgehead atoms. The average molecular weight is 164 g/mol. The van der Waals surface area contributed by atoms with E-state index in [1.165, 1.54) is 44.1 Å². The molecule has 0 radical (unpaired) electrons. The highest BCUT2D eigenvalue weighted by Gasteiger charge is 2.31. The van der Waals surface area contributed by atoms with Gasteiger partial charge in [-0.2, -0.15) is 0 Å². The van der Waals surface area contributed by atoms with E-state index in [1.807, 2.05) is 0 Å². The van der Waals surface area contributed by atoms with Crippen LogP contribution in [0.4, 0.5) is 0 Å². The van der Waals surface area contributed by atoms with E-state index in [2.05, 4.69) is 13.5 Å². The van der Waals surface area contributed by atoms with Crippen LogP contribution >= 0.6 is 0 Å². The van der Waals surface area contributed by atoms with E-state index in [0.717, 1.165) is 17.8 Å². The van der Waals surface area contributed by atoms with E-state index in [1.54, 1.807) is 0 Å². The molecular formula is C12H20. The van der Waals surface area contributed by atoms with Crippen LogP contribution in [0.5, 0.6) is 0 Å². The Kier molecular flexibility index (Phi) is 2.25. The quantitative estimate of drug-likeness (QED) is 0.517. The third-order valence-electron chi connectivity index (χ3n) is 3.83. The first-order valence-electron chi connectivity index (χ1n) is 5.42. The molecule has 2 aliphatic rings. The molecule has 2 fully saturated rings. The van der Waals surface area contributed by atoms with Crippen LogP contribution in [0.2, 0.25) is 0 Å². The van der Waals surface area contributed by atoms with E-state index >= 15 is 0 Å². The van der Waals surface area contributed by atoms with Gasteiger partial charge in [-0.1, -0.05) is 31.9 Å². The SMILES string of the molecule is C=C1CC(C2CCC(C)CC2)C1. The standard InChI is InChI=1S/C12H20/c1-9-3-5-11(6-4-9)12-7-10(2)8-12/h9,11-12H,2-8H2,1H3. The van der Waals surface area contributed by atoms with Crippen molar-refractivity contribution in [1.29, 1.82) is 0 Å². The van der Waals surface area contributed by atoms with Crippen molar-refractivity contribution in [3.05, 3.63) is 12.2 Å². The van der Waals surface area contributed by atoms with Gasteiger partial charge in [0.25, 0.3) is 0 Å². The molecule has 2 saturated carbocycles. The minimum atomic E-state index is 1.00. The molecule has 0 heterocycles. The molecule has 0 unspecified atom stereocenters. The Morgan fingerprint density at radius 2 is 1.58 bits per heavy atom. The predicted octanol–water partition coefficient (Wildman–Crippen LogP) is 3.78. The Morgan fingerprint density at radius 3 is 2.08 bits per heavy atom. The highest BCUT2D eigenvalue weighted by atomic mass is 14.4. The zero-order chi connectivity index (χ0) is 8.55. The first kappa shape index (κ1) is 8.34. The lowest BCUT2D eigenvalue weighted by molar-refractivity contribution is 0.180. The lowest BCUT2D eigenvalue weighted by Crippen LogP contribution is -2.27. The normalized spacial score (nSPS) is 37.9. The van der Waals surface area contributed by atoms with Crippen molar-refractivity contribution in [2.75, 3.05) is 0 Å². The summed E-state index contributed by atoms with van der Waals surface area (Å²) in [5.74, 6) is 3.10. The molecule has 0 aromatic heterocycles. The molecule has 0 aromatic rings. The van der Waals surface area contributed by atoms with Crippen LogP contribution in [0, 0.1) is 17.8 Å². The average Bonchev–Trinajstić information content (AvgIpc) is 2.01. The van der Waals surface area contributed by atoms with E-state index in [-0.39, 0.29) is 0 Å². The van der Waals surface area contributed by atoms with Crippen LogP contribution in [0.25, 0.3) is 0 Å². The fraction of sp³-hybridized carbons (Fsp3) is 0.833. The number of allylic oxidation sites excluding steroid dienone is 1. The largest absolute Gasteiger partial charge is 0.0998 e. The van der Waals surface area contributed by atoms with Crippen LogP contribution in [0.1, 0.15) is 45.4 Å². The summed E-state index contributed by atoms with van der Waals surface area (Å²) in [7, 11) is 0.